The second-order valence-electron chi connectivity index (χ2n) is 6.68. The Kier molecular flexibility index (Phi) is 5.56. The minimum Gasteiger partial charge on any atom is -0.497 e. The summed E-state index contributed by atoms with van der Waals surface area (Å²) in [5, 5.41) is 2.12. The number of anilines is 1. The number of fused-ring (bicyclic) bond motifs is 2. The lowest BCUT2D eigenvalue weighted by molar-refractivity contribution is -0.642. The van der Waals surface area contributed by atoms with Crippen molar-refractivity contribution in [2.24, 2.45) is 7.05 Å². The Bertz CT molecular complexity index is 1200. The van der Waals surface area contributed by atoms with Crippen molar-refractivity contribution in [2.75, 3.05) is 24.3 Å². The average Bonchev–Trinajstić information content (AvgIpc) is 3.18. The van der Waals surface area contributed by atoms with Crippen molar-refractivity contribution >= 4 is 55.2 Å². The van der Waals surface area contributed by atoms with E-state index in [1.54, 1.807) is 30.2 Å². The molecular weight excluding hydrogens is 428 g/mol. The highest BCUT2D eigenvalue weighted by Gasteiger charge is 2.28. The molecule has 152 valence electrons. The van der Waals surface area contributed by atoms with Crippen molar-refractivity contribution in [1.29, 1.82) is 0 Å². The molecule has 1 aromatic heterocycles. The van der Waals surface area contributed by atoms with E-state index in [1.165, 1.54) is 10.2 Å². The number of methoxy groups -OCH3 is 1. The minimum absolute atomic E-state index is 0.260. The first kappa shape index (κ1) is 20.2. The van der Waals surface area contributed by atoms with Gasteiger partial charge in [-0.25, -0.2) is 0 Å². The number of thioether (sulfide) groups is 1. The molecule has 6 nitrogen and oxygen atoms in total. The van der Waals surface area contributed by atoms with Gasteiger partial charge in [0.2, 0.25) is 5.52 Å². The molecule has 0 atom stereocenters. The highest BCUT2D eigenvalue weighted by molar-refractivity contribution is 8.03. The number of ether oxygens (including phenoxy) is 1. The number of thiazole rings is 1. The third-order valence-electron chi connectivity index (χ3n) is 4.74. The SMILES string of the molecule is COc1ccc2c(c1)S/C(=C\c1sc3ccccc3[n+]1C)N2CCCS(=O)(=O)O. The molecule has 0 fully saturated rings. The van der Waals surface area contributed by atoms with Gasteiger partial charge in [0.15, 0.2) is 0 Å². The second-order valence-corrected chi connectivity index (χ2v) is 10.4. The summed E-state index contributed by atoms with van der Waals surface area (Å²) in [5.41, 5.74) is 2.19. The minimum atomic E-state index is -3.98. The molecule has 0 spiro atoms. The van der Waals surface area contributed by atoms with Crippen LogP contribution in [0.15, 0.2) is 52.4 Å². The summed E-state index contributed by atoms with van der Waals surface area (Å²) in [6, 6.07) is 14.1. The summed E-state index contributed by atoms with van der Waals surface area (Å²) in [4.78, 5) is 3.17. The fraction of sp³-hybridized carbons (Fsp3) is 0.250. The molecule has 29 heavy (non-hydrogen) atoms. The van der Waals surface area contributed by atoms with Crippen LogP contribution < -0.4 is 14.2 Å². The topological polar surface area (TPSA) is 70.7 Å². The van der Waals surface area contributed by atoms with Gasteiger partial charge in [0.25, 0.3) is 15.1 Å². The van der Waals surface area contributed by atoms with Gasteiger partial charge in [0.05, 0.1) is 29.7 Å². The molecule has 2 aromatic carbocycles. The lowest BCUT2D eigenvalue weighted by atomic mass is 10.2. The number of aryl methyl sites for hydroxylation is 1. The highest BCUT2D eigenvalue weighted by atomic mass is 32.2. The fourth-order valence-electron chi connectivity index (χ4n) is 3.31. The number of aromatic nitrogens is 1. The summed E-state index contributed by atoms with van der Waals surface area (Å²) in [6.45, 7) is 0.493. The van der Waals surface area contributed by atoms with Gasteiger partial charge in [-0.2, -0.15) is 13.0 Å². The van der Waals surface area contributed by atoms with Crippen LogP contribution in [0.3, 0.4) is 0 Å². The molecule has 4 rings (SSSR count). The van der Waals surface area contributed by atoms with Crippen LogP contribution in [0.25, 0.3) is 16.3 Å². The number of rotatable bonds is 6. The van der Waals surface area contributed by atoms with Crippen LogP contribution in [0.1, 0.15) is 11.4 Å². The molecule has 0 radical (unpaired) electrons. The highest BCUT2D eigenvalue weighted by Crippen LogP contribution is 2.48. The Morgan fingerprint density at radius 2 is 2.03 bits per heavy atom. The zero-order valence-electron chi connectivity index (χ0n) is 16.0. The molecule has 0 amide bonds. The van der Waals surface area contributed by atoms with E-state index in [0.717, 1.165) is 26.4 Å². The van der Waals surface area contributed by atoms with Gasteiger partial charge < -0.3 is 9.64 Å². The van der Waals surface area contributed by atoms with Crippen LogP contribution in [-0.4, -0.2) is 32.4 Å². The maximum atomic E-state index is 11.1. The second kappa shape index (κ2) is 7.98. The predicted molar refractivity (Wildman–Crippen MR) is 118 cm³/mol. The number of benzene rings is 2. The largest absolute Gasteiger partial charge is 0.497 e. The monoisotopic (exact) mass is 449 g/mol. The summed E-state index contributed by atoms with van der Waals surface area (Å²) in [7, 11) is -0.296. The zero-order valence-corrected chi connectivity index (χ0v) is 18.5. The van der Waals surface area contributed by atoms with Crippen LogP contribution in [0.2, 0.25) is 0 Å². The summed E-state index contributed by atoms with van der Waals surface area (Å²) >= 11 is 3.35. The Morgan fingerprint density at radius 3 is 2.76 bits per heavy atom. The third kappa shape index (κ3) is 4.28. The molecule has 0 aliphatic carbocycles. The average molecular weight is 450 g/mol. The van der Waals surface area contributed by atoms with Crippen LogP contribution in [0, 0.1) is 0 Å². The molecule has 0 bridgehead atoms. The molecular formula is C20H21N2O4S3+. The number of nitrogens with zero attached hydrogens (tertiary/aromatic N) is 2. The maximum absolute atomic E-state index is 11.1. The van der Waals surface area contributed by atoms with E-state index in [1.807, 2.05) is 37.4 Å². The molecule has 2 heterocycles. The number of para-hydroxylation sites is 1. The van der Waals surface area contributed by atoms with Gasteiger partial charge in [0, 0.05) is 17.5 Å². The van der Waals surface area contributed by atoms with Gasteiger partial charge in [-0.05, 0) is 30.7 Å². The lowest BCUT2D eigenvalue weighted by Crippen LogP contribution is -2.29. The first-order valence-electron chi connectivity index (χ1n) is 9.03. The normalized spacial score (nSPS) is 15.3. The first-order valence-corrected chi connectivity index (χ1v) is 12.3. The summed E-state index contributed by atoms with van der Waals surface area (Å²) in [5.74, 6) is 0.520. The van der Waals surface area contributed by atoms with E-state index in [4.69, 9.17) is 9.29 Å². The van der Waals surface area contributed by atoms with Gasteiger partial charge in [-0.15, -0.1) is 0 Å². The first-order chi connectivity index (χ1) is 13.9. The van der Waals surface area contributed by atoms with Gasteiger partial charge in [0.1, 0.15) is 17.5 Å². The van der Waals surface area contributed by atoms with E-state index < -0.39 is 10.1 Å². The van der Waals surface area contributed by atoms with Crippen LogP contribution in [0.5, 0.6) is 5.75 Å². The van der Waals surface area contributed by atoms with Crippen molar-refractivity contribution in [2.45, 2.75) is 11.3 Å². The molecule has 3 aromatic rings. The Morgan fingerprint density at radius 1 is 1.24 bits per heavy atom. The van der Waals surface area contributed by atoms with Crippen molar-refractivity contribution in [3.63, 3.8) is 0 Å². The van der Waals surface area contributed by atoms with Crippen LogP contribution >= 0.6 is 23.1 Å². The van der Waals surface area contributed by atoms with E-state index in [2.05, 4.69) is 27.7 Å². The molecule has 9 heteroatoms. The Balaban J connectivity index is 1.71. The van der Waals surface area contributed by atoms with Crippen molar-refractivity contribution in [1.82, 2.24) is 0 Å². The maximum Gasteiger partial charge on any atom is 0.265 e. The van der Waals surface area contributed by atoms with Crippen molar-refractivity contribution < 1.29 is 22.3 Å². The van der Waals surface area contributed by atoms with E-state index >= 15 is 0 Å². The van der Waals surface area contributed by atoms with E-state index in [0.29, 0.717) is 13.0 Å². The number of hydrogen-bond acceptors (Lipinski definition) is 6. The standard InChI is InChI=1S/C20H20N2O4S3/c1-21-15-6-3-4-7-17(15)27-19(21)13-20-22(10-5-11-29(23,24)25)16-9-8-14(26-2)12-18(16)28-20/h3-4,6-9,12-13H,5,10-11H2,1-2H3/p+1. The summed E-state index contributed by atoms with van der Waals surface area (Å²) < 4.78 is 40.1. The third-order valence-corrected chi connectivity index (χ3v) is 7.81. The van der Waals surface area contributed by atoms with Gasteiger partial charge in [-0.3, -0.25) is 4.55 Å². The molecule has 0 saturated carbocycles. The molecule has 0 unspecified atom stereocenters. The van der Waals surface area contributed by atoms with Crippen LogP contribution in [0.4, 0.5) is 5.69 Å². The Hall–Kier alpha value is -2.07. The van der Waals surface area contributed by atoms with Gasteiger partial charge in [-0.1, -0.05) is 35.2 Å². The molecule has 1 N–H and O–H groups in total. The van der Waals surface area contributed by atoms with Crippen LogP contribution in [-0.2, 0) is 17.2 Å². The number of hydrogen-bond donors (Lipinski definition) is 1. The Labute approximate surface area is 178 Å². The van der Waals surface area contributed by atoms with Crippen molar-refractivity contribution in [3.05, 3.63) is 52.5 Å². The van der Waals surface area contributed by atoms with E-state index in [-0.39, 0.29) is 5.75 Å². The molecule has 1 aliphatic rings. The lowest BCUT2D eigenvalue weighted by Gasteiger charge is -2.19. The predicted octanol–water partition coefficient (Wildman–Crippen LogP) is 3.92. The summed E-state index contributed by atoms with van der Waals surface area (Å²) in [6.07, 6.45) is 2.47. The quantitative estimate of drug-likeness (QED) is 0.454. The smallest absolute Gasteiger partial charge is 0.265 e. The van der Waals surface area contributed by atoms with E-state index in [9.17, 15) is 8.42 Å². The van der Waals surface area contributed by atoms with Crippen molar-refractivity contribution in [3.8, 4) is 5.75 Å². The molecule has 1 aliphatic heterocycles. The fourth-order valence-corrected chi connectivity index (χ4v) is 6.12. The zero-order chi connectivity index (χ0) is 20.6. The van der Waals surface area contributed by atoms with Gasteiger partial charge >= 0.3 is 0 Å². The molecule has 0 saturated heterocycles.